The molecule has 21 heavy (non-hydrogen) atoms. The predicted molar refractivity (Wildman–Crippen MR) is 74.5 cm³/mol. The molecule has 2 heterocycles. The summed E-state index contributed by atoms with van der Waals surface area (Å²) >= 11 is 0. The van der Waals surface area contributed by atoms with Gasteiger partial charge in [-0.25, -0.2) is 0 Å². The van der Waals surface area contributed by atoms with Crippen molar-refractivity contribution in [2.45, 2.75) is 18.9 Å². The lowest BCUT2D eigenvalue weighted by molar-refractivity contribution is 0.135. The fourth-order valence-corrected chi connectivity index (χ4v) is 2.13. The highest BCUT2D eigenvalue weighted by Gasteiger charge is 2.27. The maximum Gasteiger partial charge on any atom is 0.232 e. The first-order valence-electron chi connectivity index (χ1n) is 6.54. The van der Waals surface area contributed by atoms with Crippen molar-refractivity contribution in [3.05, 3.63) is 41.7 Å². The molecule has 1 unspecified atom stereocenters. The minimum Gasteiger partial charge on any atom is -0.382 e. The Morgan fingerprint density at radius 3 is 2.86 bits per heavy atom. The highest BCUT2D eigenvalue weighted by atomic mass is 16.5. The maximum atomic E-state index is 6.08. The van der Waals surface area contributed by atoms with Crippen LogP contribution in [0, 0.1) is 0 Å². The van der Waals surface area contributed by atoms with Gasteiger partial charge in [0, 0.05) is 12.5 Å². The molecular formula is C14H16N4O3. The van der Waals surface area contributed by atoms with E-state index in [-0.39, 0.29) is 0 Å². The molecule has 3 aromatic rings. The lowest BCUT2D eigenvalue weighted by Crippen LogP contribution is -2.39. The zero-order chi connectivity index (χ0) is 14.9. The number of hydrogen-bond acceptors (Lipinski definition) is 7. The van der Waals surface area contributed by atoms with Crippen molar-refractivity contribution >= 4 is 11.0 Å². The summed E-state index contributed by atoms with van der Waals surface area (Å²) in [6.45, 7) is 2.09. The van der Waals surface area contributed by atoms with E-state index >= 15 is 0 Å². The normalized spacial score (nSPS) is 14.4. The van der Waals surface area contributed by atoms with E-state index in [4.69, 9.17) is 19.5 Å². The molecule has 7 heteroatoms. The van der Waals surface area contributed by atoms with Crippen molar-refractivity contribution in [2.24, 2.45) is 5.73 Å². The van der Waals surface area contributed by atoms with E-state index < -0.39 is 5.54 Å². The van der Waals surface area contributed by atoms with Gasteiger partial charge in [0.2, 0.25) is 5.89 Å². The van der Waals surface area contributed by atoms with Crippen molar-refractivity contribution in [1.82, 2.24) is 15.3 Å². The lowest BCUT2D eigenvalue weighted by Gasteiger charge is -2.18. The number of aromatic nitrogens is 3. The second kappa shape index (κ2) is 5.27. The SMILES string of the molecule is COCC(C)(N)c1noc(Cc2noc3ccccc23)n1. The second-order valence-electron chi connectivity index (χ2n) is 5.16. The van der Waals surface area contributed by atoms with Crippen LogP contribution in [0.15, 0.2) is 33.3 Å². The van der Waals surface area contributed by atoms with Crippen molar-refractivity contribution in [3.63, 3.8) is 0 Å². The van der Waals surface area contributed by atoms with E-state index in [0.717, 1.165) is 16.7 Å². The van der Waals surface area contributed by atoms with Crippen molar-refractivity contribution in [1.29, 1.82) is 0 Å². The average molecular weight is 288 g/mol. The molecule has 0 bridgehead atoms. The number of fused-ring (bicyclic) bond motifs is 1. The summed E-state index contributed by atoms with van der Waals surface area (Å²) in [6, 6.07) is 7.63. The van der Waals surface area contributed by atoms with E-state index in [1.807, 2.05) is 24.3 Å². The Morgan fingerprint density at radius 1 is 1.24 bits per heavy atom. The molecule has 0 amide bonds. The van der Waals surface area contributed by atoms with E-state index in [1.165, 1.54) is 0 Å². The van der Waals surface area contributed by atoms with Crippen LogP contribution in [0.2, 0.25) is 0 Å². The van der Waals surface area contributed by atoms with Gasteiger partial charge in [-0.05, 0) is 19.1 Å². The molecule has 0 radical (unpaired) electrons. The van der Waals surface area contributed by atoms with Gasteiger partial charge in [0.05, 0.1) is 13.0 Å². The standard InChI is InChI=1S/C14H16N4O3/c1-14(15,8-19-2)13-16-12(21-18-13)7-10-9-5-3-4-6-11(9)20-17-10/h3-6H,7-8,15H2,1-2H3. The number of nitrogens with two attached hydrogens (primary N) is 1. The summed E-state index contributed by atoms with van der Waals surface area (Å²) < 4.78 is 15.6. The van der Waals surface area contributed by atoms with Crippen LogP contribution in [0.5, 0.6) is 0 Å². The van der Waals surface area contributed by atoms with Gasteiger partial charge >= 0.3 is 0 Å². The van der Waals surface area contributed by atoms with Crippen LogP contribution in [-0.4, -0.2) is 29.0 Å². The van der Waals surface area contributed by atoms with Crippen LogP contribution in [-0.2, 0) is 16.7 Å². The maximum absolute atomic E-state index is 6.08. The third kappa shape index (κ3) is 2.65. The monoisotopic (exact) mass is 288 g/mol. The summed E-state index contributed by atoms with van der Waals surface area (Å²) in [4.78, 5) is 4.32. The Bertz CT molecular complexity index is 747. The summed E-state index contributed by atoms with van der Waals surface area (Å²) in [5.74, 6) is 0.851. The fourth-order valence-electron chi connectivity index (χ4n) is 2.13. The number of benzene rings is 1. The van der Waals surface area contributed by atoms with Gasteiger partial charge in [-0.15, -0.1) is 0 Å². The molecule has 2 aromatic heterocycles. The van der Waals surface area contributed by atoms with E-state index in [1.54, 1.807) is 14.0 Å². The van der Waals surface area contributed by atoms with Crippen molar-refractivity contribution < 1.29 is 13.8 Å². The Labute approximate surface area is 121 Å². The first-order chi connectivity index (χ1) is 10.1. The quantitative estimate of drug-likeness (QED) is 0.761. The minimum atomic E-state index is -0.789. The topological polar surface area (TPSA) is 100 Å². The molecule has 1 aromatic carbocycles. The first-order valence-corrected chi connectivity index (χ1v) is 6.54. The zero-order valence-corrected chi connectivity index (χ0v) is 11.9. The van der Waals surface area contributed by atoms with E-state index in [0.29, 0.717) is 24.7 Å². The molecule has 2 N–H and O–H groups in total. The van der Waals surface area contributed by atoms with E-state index in [2.05, 4.69) is 15.3 Å². The highest BCUT2D eigenvalue weighted by Crippen LogP contribution is 2.21. The molecule has 0 saturated heterocycles. The Balaban J connectivity index is 1.84. The summed E-state index contributed by atoms with van der Waals surface area (Å²) in [5, 5.41) is 8.89. The molecule has 0 spiro atoms. The largest absolute Gasteiger partial charge is 0.382 e. The number of para-hydroxylation sites is 1. The second-order valence-corrected chi connectivity index (χ2v) is 5.16. The van der Waals surface area contributed by atoms with Gasteiger partial charge in [0.1, 0.15) is 11.2 Å². The smallest absolute Gasteiger partial charge is 0.232 e. The molecule has 110 valence electrons. The van der Waals surface area contributed by atoms with Crippen LogP contribution in [0.3, 0.4) is 0 Å². The van der Waals surface area contributed by atoms with Crippen LogP contribution in [0.4, 0.5) is 0 Å². The van der Waals surface area contributed by atoms with Gasteiger partial charge in [0.25, 0.3) is 0 Å². The number of hydrogen-bond donors (Lipinski definition) is 1. The van der Waals surface area contributed by atoms with Crippen molar-refractivity contribution in [2.75, 3.05) is 13.7 Å². The van der Waals surface area contributed by atoms with Gasteiger partial charge in [-0.1, -0.05) is 22.4 Å². The molecule has 0 aliphatic rings. The van der Waals surface area contributed by atoms with Gasteiger partial charge in [-0.2, -0.15) is 4.98 Å². The predicted octanol–water partition coefficient (Wildman–Crippen LogP) is 1.62. The van der Waals surface area contributed by atoms with Gasteiger partial charge in [-0.3, -0.25) is 0 Å². The zero-order valence-electron chi connectivity index (χ0n) is 11.9. The molecule has 3 rings (SSSR count). The molecule has 7 nitrogen and oxygen atoms in total. The average Bonchev–Trinajstić information content (AvgIpc) is 3.08. The first kappa shape index (κ1) is 13.7. The van der Waals surface area contributed by atoms with Gasteiger partial charge < -0.3 is 19.5 Å². The molecule has 0 fully saturated rings. The Hall–Kier alpha value is -2.25. The van der Waals surface area contributed by atoms with Crippen LogP contribution in [0.1, 0.15) is 24.3 Å². The molecule has 0 aliphatic carbocycles. The summed E-state index contributed by atoms with van der Waals surface area (Å²) in [7, 11) is 1.58. The van der Waals surface area contributed by atoms with E-state index in [9.17, 15) is 0 Å². The molecule has 1 atom stereocenters. The summed E-state index contributed by atoms with van der Waals surface area (Å²) in [6.07, 6.45) is 0.396. The van der Waals surface area contributed by atoms with Gasteiger partial charge in [0.15, 0.2) is 11.4 Å². The third-order valence-electron chi connectivity index (χ3n) is 3.19. The summed E-state index contributed by atoms with van der Waals surface area (Å²) in [5.41, 5.74) is 6.78. The number of nitrogens with zero attached hydrogens (tertiary/aromatic N) is 3. The Morgan fingerprint density at radius 2 is 2.05 bits per heavy atom. The molecular weight excluding hydrogens is 272 g/mol. The lowest BCUT2D eigenvalue weighted by atomic mass is 10.1. The van der Waals surface area contributed by atoms with Crippen LogP contribution in [0.25, 0.3) is 11.0 Å². The molecule has 0 aliphatic heterocycles. The number of rotatable bonds is 5. The highest BCUT2D eigenvalue weighted by molar-refractivity contribution is 5.79. The number of ether oxygens (including phenoxy) is 1. The number of methoxy groups -OCH3 is 1. The minimum absolute atomic E-state index is 0.304. The van der Waals surface area contributed by atoms with Crippen molar-refractivity contribution in [3.8, 4) is 0 Å². The Kier molecular flexibility index (Phi) is 3.44. The third-order valence-corrected chi connectivity index (χ3v) is 3.19. The molecule has 0 saturated carbocycles. The van der Waals surface area contributed by atoms with Crippen LogP contribution < -0.4 is 5.73 Å². The fraction of sp³-hybridized carbons (Fsp3) is 0.357. The van der Waals surface area contributed by atoms with Crippen LogP contribution >= 0.6 is 0 Å².